The summed E-state index contributed by atoms with van der Waals surface area (Å²) in [4.78, 5) is 11.8. The minimum absolute atomic E-state index is 0.140. The van der Waals surface area contributed by atoms with Crippen LogP contribution in [0.1, 0.15) is 36.5 Å². The molecule has 0 spiro atoms. The van der Waals surface area contributed by atoms with Crippen molar-refractivity contribution in [1.82, 2.24) is 5.32 Å². The van der Waals surface area contributed by atoms with Gasteiger partial charge in [0.25, 0.3) is 5.91 Å². The molecule has 1 aliphatic carbocycles. The van der Waals surface area contributed by atoms with Crippen molar-refractivity contribution in [2.45, 2.75) is 26.2 Å². The van der Waals surface area contributed by atoms with Gasteiger partial charge in [0.1, 0.15) is 5.82 Å². The molecule has 1 aromatic rings. The van der Waals surface area contributed by atoms with Gasteiger partial charge in [0, 0.05) is 12.1 Å². The molecule has 0 radical (unpaired) electrons. The lowest BCUT2D eigenvalue weighted by molar-refractivity contribution is 0.0890. The van der Waals surface area contributed by atoms with Gasteiger partial charge in [-0.25, -0.2) is 4.39 Å². The summed E-state index contributed by atoms with van der Waals surface area (Å²) in [6.07, 6.45) is 3.58. The Morgan fingerprint density at radius 3 is 2.76 bits per heavy atom. The molecule has 0 aliphatic heterocycles. The Bertz CT molecular complexity index is 443. The van der Waals surface area contributed by atoms with Gasteiger partial charge in [0.2, 0.25) is 0 Å². The number of hydrogen-bond donors (Lipinski definition) is 1. The Kier molecular flexibility index (Phi) is 3.52. The fourth-order valence-electron chi connectivity index (χ4n) is 1.99. The second-order valence-electron chi connectivity index (χ2n) is 4.98. The lowest BCUT2D eigenvalue weighted by Crippen LogP contribution is -2.39. The van der Waals surface area contributed by atoms with Crippen LogP contribution >= 0.6 is 15.9 Å². The molecule has 4 heteroatoms. The summed E-state index contributed by atoms with van der Waals surface area (Å²) in [5.74, 6) is -0.494. The third-order valence-corrected chi connectivity index (χ3v) is 4.03. The van der Waals surface area contributed by atoms with E-state index in [0.29, 0.717) is 16.6 Å². The highest BCUT2D eigenvalue weighted by atomic mass is 79.9. The van der Waals surface area contributed by atoms with E-state index in [1.54, 1.807) is 0 Å². The molecule has 0 saturated heterocycles. The first-order valence-corrected chi connectivity index (χ1v) is 6.53. The highest BCUT2D eigenvalue weighted by Gasteiger charge is 2.31. The third-order valence-electron chi connectivity index (χ3n) is 3.42. The van der Waals surface area contributed by atoms with Crippen molar-refractivity contribution < 1.29 is 9.18 Å². The predicted molar refractivity (Wildman–Crippen MR) is 68.4 cm³/mol. The summed E-state index contributed by atoms with van der Waals surface area (Å²) in [5, 5.41) is 2.91. The Hall–Kier alpha value is -0.900. The molecular weight excluding hydrogens is 285 g/mol. The van der Waals surface area contributed by atoms with Gasteiger partial charge in [-0.1, -0.05) is 13.3 Å². The van der Waals surface area contributed by atoms with Crippen molar-refractivity contribution in [3.05, 3.63) is 34.1 Å². The standard InChI is InChI=1S/C13H15BrFNO/c1-13(5-2-6-13)8-16-12(17)9-3-4-11(15)10(14)7-9/h3-4,7H,2,5-6,8H2,1H3,(H,16,17). The van der Waals surface area contributed by atoms with E-state index in [-0.39, 0.29) is 17.1 Å². The van der Waals surface area contributed by atoms with E-state index in [1.807, 2.05) is 0 Å². The van der Waals surface area contributed by atoms with Crippen molar-refractivity contribution in [3.63, 3.8) is 0 Å². The van der Waals surface area contributed by atoms with Crippen molar-refractivity contribution in [2.24, 2.45) is 5.41 Å². The number of benzene rings is 1. The van der Waals surface area contributed by atoms with E-state index in [0.717, 1.165) is 0 Å². The predicted octanol–water partition coefficient (Wildman–Crippen LogP) is 3.51. The van der Waals surface area contributed by atoms with Gasteiger partial charge < -0.3 is 5.32 Å². The maximum absolute atomic E-state index is 13.0. The summed E-state index contributed by atoms with van der Waals surface area (Å²) in [6, 6.07) is 4.30. The maximum atomic E-state index is 13.0. The van der Waals surface area contributed by atoms with Crippen LogP contribution in [0.25, 0.3) is 0 Å². The lowest BCUT2D eigenvalue weighted by Gasteiger charge is -2.38. The lowest BCUT2D eigenvalue weighted by atomic mass is 9.70. The molecule has 1 N–H and O–H groups in total. The smallest absolute Gasteiger partial charge is 0.251 e. The van der Waals surface area contributed by atoms with E-state index in [4.69, 9.17) is 0 Å². The van der Waals surface area contributed by atoms with Crippen LogP contribution < -0.4 is 5.32 Å². The second-order valence-corrected chi connectivity index (χ2v) is 5.83. The quantitative estimate of drug-likeness (QED) is 0.909. The van der Waals surface area contributed by atoms with Gasteiger partial charge >= 0.3 is 0 Å². The number of halogens is 2. The number of carbonyl (C=O) groups excluding carboxylic acids is 1. The van der Waals surface area contributed by atoms with Crippen LogP contribution in [0.2, 0.25) is 0 Å². The molecule has 0 unspecified atom stereocenters. The highest BCUT2D eigenvalue weighted by Crippen LogP contribution is 2.39. The summed E-state index contributed by atoms with van der Waals surface area (Å²) in [7, 11) is 0. The molecule has 0 atom stereocenters. The van der Waals surface area contributed by atoms with E-state index >= 15 is 0 Å². The van der Waals surface area contributed by atoms with Gasteiger partial charge in [0.15, 0.2) is 0 Å². The van der Waals surface area contributed by atoms with E-state index in [2.05, 4.69) is 28.2 Å². The first-order chi connectivity index (χ1) is 8.00. The highest BCUT2D eigenvalue weighted by molar-refractivity contribution is 9.10. The van der Waals surface area contributed by atoms with Crippen LogP contribution in [0.3, 0.4) is 0 Å². The molecule has 1 aromatic carbocycles. The average Bonchev–Trinajstić information content (AvgIpc) is 2.27. The molecule has 1 amide bonds. The Morgan fingerprint density at radius 2 is 2.24 bits per heavy atom. The van der Waals surface area contributed by atoms with Crippen molar-refractivity contribution in [1.29, 1.82) is 0 Å². The molecule has 0 heterocycles. The van der Waals surface area contributed by atoms with Gasteiger partial charge in [-0.15, -0.1) is 0 Å². The maximum Gasteiger partial charge on any atom is 0.251 e. The molecule has 0 bridgehead atoms. The van der Waals surface area contributed by atoms with Gasteiger partial charge in [0.05, 0.1) is 4.47 Å². The van der Waals surface area contributed by atoms with Crippen molar-refractivity contribution in [3.8, 4) is 0 Å². The van der Waals surface area contributed by atoms with Crippen molar-refractivity contribution >= 4 is 21.8 Å². The van der Waals surface area contributed by atoms with Gasteiger partial charge in [-0.05, 0) is 52.4 Å². The molecule has 1 saturated carbocycles. The summed E-state index contributed by atoms with van der Waals surface area (Å²) in [6.45, 7) is 2.87. The van der Waals surface area contributed by atoms with Gasteiger partial charge in [-0.2, -0.15) is 0 Å². The topological polar surface area (TPSA) is 29.1 Å². The van der Waals surface area contributed by atoms with Crippen LogP contribution in [0.5, 0.6) is 0 Å². The fourth-order valence-corrected chi connectivity index (χ4v) is 2.37. The SMILES string of the molecule is CC1(CNC(=O)c2ccc(F)c(Br)c2)CCC1. The fraction of sp³-hybridized carbons (Fsp3) is 0.462. The zero-order chi connectivity index (χ0) is 12.5. The zero-order valence-corrected chi connectivity index (χ0v) is 11.3. The minimum Gasteiger partial charge on any atom is -0.351 e. The molecule has 2 rings (SSSR count). The summed E-state index contributed by atoms with van der Waals surface area (Å²) >= 11 is 3.07. The van der Waals surface area contributed by atoms with E-state index < -0.39 is 0 Å². The van der Waals surface area contributed by atoms with Crippen LogP contribution in [-0.2, 0) is 0 Å². The Labute approximate surface area is 109 Å². The molecule has 0 aromatic heterocycles. The van der Waals surface area contributed by atoms with Crippen LogP contribution in [-0.4, -0.2) is 12.5 Å². The van der Waals surface area contributed by atoms with E-state index in [1.165, 1.54) is 37.5 Å². The molecular formula is C13H15BrFNO. The Morgan fingerprint density at radius 1 is 1.53 bits per heavy atom. The monoisotopic (exact) mass is 299 g/mol. The van der Waals surface area contributed by atoms with Crippen LogP contribution in [0.4, 0.5) is 4.39 Å². The molecule has 1 fully saturated rings. The number of rotatable bonds is 3. The first kappa shape index (κ1) is 12.6. The molecule has 17 heavy (non-hydrogen) atoms. The van der Waals surface area contributed by atoms with Crippen LogP contribution in [0, 0.1) is 11.2 Å². The number of hydrogen-bond acceptors (Lipinski definition) is 1. The largest absolute Gasteiger partial charge is 0.351 e. The number of amides is 1. The van der Waals surface area contributed by atoms with Gasteiger partial charge in [-0.3, -0.25) is 4.79 Å². The van der Waals surface area contributed by atoms with E-state index in [9.17, 15) is 9.18 Å². The number of carbonyl (C=O) groups is 1. The zero-order valence-electron chi connectivity index (χ0n) is 9.72. The first-order valence-electron chi connectivity index (χ1n) is 5.73. The van der Waals surface area contributed by atoms with Crippen molar-refractivity contribution in [2.75, 3.05) is 6.54 Å². The minimum atomic E-state index is -0.354. The summed E-state index contributed by atoms with van der Waals surface area (Å²) in [5.41, 5.74) is 0.744. The summed E-state index contributed by atoms with van der Waals surface area (Å²) < 4.78 is 13.3. The Balaban J connectivity index is 1.97. The molecule has 1 aliphatic rings. The average molecular weight is 300 g/mol. The molecule has 92 valence electrons. The molecule has 2 nitrogen and oxygen atoms in total. The normalized spacial score (nSPS) is 17.4. The third kappa shape index (κ3) is 2.86. The second kappa shape index (κ2) is 4.77. The van der Waals surface area contributed by atoms with Crippen LogP contribution in [0.15, 0.2) is 22.7 Å². The number of nitrogens with one attached hydrogen (secondary N) is 1.